The molecule has 2 heterocycles. The Bertz CT molecular complexity index is 395. The fourth-order valence-electron chi connectivity index (χ4n) is 2.21. The second-order valence-corrected chi connectivity index (χ2v) is 5.04. The van der Waals surface area contributed by atoms with Gasteiger partial charge in [0.05, 0.1) is 35.9 Å². The summed E-state index contributed by atoms with van der Waals surface area (Å²) >= 11 is 0. The predicted octanol–water partition coefficient (Wildman–Crippen LogP) is 0.640. The van der Waals surface area contributed by atoms with Gasteiger partial charge in [-0.05, 0) is 19.9 Å². The van der Waals surface area contributed by atoms with Crippen LogP contribution in [0.25, 0.3) is 0 Å². The topological polar surface area (TPSA) is 71.6 Å². The molecule has 0 amide bonds. The van der Waals surface area contributed by atoms with Crippen molar-refractivity contribution in [2.45, 2.75) is 25.6 Å². The number of anilines is 2. The van der Waals surface area contributed by atoms with Crippen LogP contribution in [0.3, 0.4) is 0 Å². The van der Waals surface area contributed by atoms with Gasteiger partial charge in [0.15, 0.2) is 0 Å². The van der Waals surface area contributed by atoms with Gasteiger partial charge in [0.2, 0.25) is 0 Å². The summed E-state index contributed by atoms with van der Waals surface area (Å²) in [5, 5.41) is 9.25. The smallest absolute Gasteiger partial charge is 0.0988 e. The Hall–Kier alpha value is -1.33. The minimum absolute atomic E-state index is 0.0235. The Balaban J connectivity index is 2.20. The highest BCUT2D eigenvalue weighted by atomic mass is 16.5. The maximum atomic E-state index is 9.25. The van der Waals surface area contributed by atoms with Gasteiger partial charge in [-0.15, -0.1) is 0 Å². The van der Waals surface area contributed by atoms with Crippen molar-refractivity contribution in [1.29, 1.82) is 0 Å². The lowest BCUT2D eigenvalue weighted by atomic mass is 10.0. The Morgan fingerprint density at radius 3 is 3.00 bits per heavy atom. The van der Waals surface area contributed by atoms with Crippen LogP contribution in [0.5, 0.6) is 0 Å². The second-order valence-electron chi connectivity index (χ2n) is 5.04. The van der Waals surface area contributed by atoms with Crippen LogP contribution in [0.15, 0.2) is 18.5 Å². The van der Waals surface area contributed by atoms with Crippen LogP contribution in [-0.2, 0) is 4.74 Å². The molecule has 17 heavy (non-hydrogen) atoms. The van der Waals surface area contributed by atoms with Crippen molar-refractivity contribution in [2.24, 2.45) is 0 Å². The van der Waals surface area contributed by atoms with E-state index in [0.29, 0.717) is 12.2 Å². The minimum atomic E-state index is -0.281. The molecule has 1 aromatic heterocycles. The van der Waals surface area contributed by atoms with Crippen molar-refractivity contribution < 1.29 is 9.84 Å². The number of hydrogen-bond acceptors (Lipinski definition) is 5. The van der Waals surface area contributed by atoms with E-state index < -0.39 is 0 Å². The molecule has 3 N–H and O–H groups in total. The summed E-state index contributed by atoms with van der Waals surface area (Å²) in [7, 11) is 0. The zero-order valence-electron chi connectivity index (χ0n) is 10.3. The molecule has 1 atom stereocenters. The van der Waals surface area contributed by atoms with Crippen LogP contribution in [-0.4, -0.2) is 41.5 Å². The van der Waals surface area contributed by atoms with E-state index in [4.69, 9.17) is 10.5 Å². The van der Waals surface area contributed by atoms with Gasteiger partial charge in [-0.2, -0.15) is 0 Å². The van der Waals surface area contributed by atoms with Gasteiger partial charge in [0, 0.05) is 19.3 Å². The first-order valence-electron chi connectivity index (χ1n) is 5.74. The summed E-state index contributed by atoms with van der Waals surface area (Å²) in [6.07, 6.45) is 3.24. The van der Waals surface area contributed by atoms with E-state index in [1.807, 2.05) is 19.9 Å². The molecular formula is C12H19N3O2. The molecule has 1 saturated heterocycles. The van der Waals surface area contributed by atoms with E-state index in [-0.39, 0.29) is 18.3 Å². The first kappa shape index (κ1) is 12.1. The number of rotatable bonds is 2. The largest absolute Gasteiger partial charge is 0.397 e. The Morgan fingerprint density at radius 1 is 1.59 bits per heavy atom. The van der Waals surface area contributed by atoms with Gasteiger partial charge in [0.25, 0.3) is 0 Å². The van der Waals surface area contributed by atoms with E-state index in [2.05, 4.69) is 9.88 Å². The number of nitrogens with two attached hydrogens (primary N) is 1. The molecule has 0 saturated carbocycles. The molecule has 1 fully saturated rings. The fraction of sp³-hybridized carbons (Fsp3) is 0.583. The summed E-state index contributed by atoms with van der Waals surface area (Å²) < 4.78 is 5.76. The number of pyridine rings is 1. The van der Waals surface area contributed by atoms with Crippen LogP contribution in [0, 0.1) is 0 Å². The molecule has 5 heteroatoms. The number of aliphatic hydroxyl groups is 1. The highest BCUT2D eigenvalue weighted by Gasteiger charge is 2.33. The minimum Gasteiger partial charge on any atom is -0.397 e. The second kappa shape index (κ2) is 4.50. The van der Waals surface area contributed by atoms with Gasteiger partial charge in [-0.1, -0.05) is 0 Å². The van der Waals surface area contributed by atoms with Crippen LogP contribution in [0.2, 0.25) is 0 Å². The van der Waals surface area contributed by atoms with E-state index in [0.717, 1.165) is 12.2 Å². The van der Waals surface area contributed by atoms with Crippen molar-refractivity contribution in [3.63, 3.8) is 0 Å². The molecule has 0 aromatic carbocycles. The third-order valence-electron chi connectivity index (χ3n) is 2.80. The Morgan fingerprint density at radius 2 is 2.35 bits per heavy atom. The molecule has 1 aliphatic heterocycles. The maximum Gasteiger partial charge on any atom is 0.0988 e. The number of morpholine rings is 1. The first-order valence-corrected chi connectivity index (χ1v) is 5.74. The molecule has 0 radical (unpaired) electrons. The van der Waals surface area contributed by atoms with Gasteiger partial charge in [-0.3, -0.25) is 4.98 Å². The lowest BCUT2D eigenvalue weighted by molar-refractivity contribution is -0.101. The Labute approximate surface area is 101 Å². The van der Waals surface area contributed by atoms with Crippen molar-refractivity contribution in [1.82, 2.24) is 4.98 Å². The lowest BCUT2D eigenvalue weighted by Crippen LogP contribution is -2.54. The molecule has 5 nitrogen and oxygen atoms in total. The number of nitrogens with zero attached hydrogens (tertiary/aromatic N) is 2. The molecule has 0 spiro atoms. The summed E-state index contributed by atoms with van der Waals surface area (Å²) in [5.74, 6) is 0. The first-order chi connectivity index (χ1) is 8.00. The monoisotopic (exact) mass is 237 g/mol. The van der Waals surface area contributed by atoms with E-state index >= 15 is 0 Å². The lowest BCUT2D eigenvalue weighted by Gasteiger charge is -2.43. The number of aliphatic hydroxyl groups excluding tert-OH is 1. The van der Waals surface area contributed by atoms with E-state index in [9.17, 15) is 5.11 Å². The van der Waals surface area contributed by atoms with E-state index in [1.54, 1.807) is 12.4 Å². The SMILES string of the molecule is CC1(C)CN(c2cncc(N)c2)CC(CO)O1. The quantitative estimate of drug-likeness (QED) is 0.790. The maximum absolute atomic E-state index is 9.25. The normalized spacial score (nSPS) is 23.7. The van der Waals surface area contributed by atoms with Gasteiger partial charge in [0.1, 0.15) is 0 Å². The predicted molar refractivity (Wildman–Crippen MR) is 66.9 cm³/mol. The summed E-state index contributed by atoms with van der Waals surface area (Å²) in [4.78, 5) is 6.23. The van der Waals surface area contributed by atoms with Crippen molar-refractivity contribution in [3.8, 4) is 0 Å². The summed E-state index contributed by atoms with van der Waals surface area (Å²) in [6, 6.07) is 1.89. The van der Waals surface area contributed by atoms with Gasteiger partial charge < -0.3 is 20.5 Å². The standard InChI is InChI=1S/C12H19N3O2/c1-12(2)8-15(6-11(7-16)17-12)10-3-9(13)4-14-5-10/h3-5,11,16H,6-8,13H2,1-2H3. The van der Waals surface area contributed by atoms with Crippen molar-refractivity contribution in [3.05, 3.63) is 18.5 Å². The van der Waals surface area contributed by atoms with Crippen molar-refractivity contribution in [2.75, 3.05) is 30.3 Å². The number of aromatic nitrogens is 1. The number of nitrogen functional groups attached to an aromatic ring is 1. The van der Waals surface area contributed by atoms with Crippen LogP contribution >= 0.6 is 0 Å². The molecule has 94 valence electrons. The molecular weight excluding hydrogens is 218 g/mol. The van der Waals surface area contributed by atoms with Crippen LogP contribution in [0.4, 0.5) is 11.4 Å². The van der Waals surface area contributed by atoms with E-state index in [1.165, 1.54) is 0 Å². The zero-order chi connectivity index (χ0) is 12.5. The van der Waals surface area contributed by atoms with Crippen LogP contribution < -0.4 is 10.6 Å². The fourth-order valence-corrected chi connectivity index (χ4v) is 2.21. The summed E-state index contributed by atoms with van der Waals surface area (Å²) in [6.45, 7) is 5.47. The van der Waals surface area contributed by atoms with Gasteiger partial charge in [-0.25, -0.2) is 0 Å². The highest BCUT2D eigenvalue weighted by molar-refractivity contribution is 5.53. The molecule has 1 aromatic rings. The highest BCUT2D eigenvalue weighted by Crippen LogP contribution is 2.26. The zero-order valence-corrected chi connectivity index (χ0v) is 10.3. The number of ether oxygens (including phenoxy) is 1. The molecule has 1 unspecified atom stereocenters. The molecule has 0 bridgehead atoms. The molecule has 1 aliphatic rings. The van der Waals surface area contributed by atoms with Gasteiger partial charge >= 0.3 is 0 Å². The van der Waals surface area contributed by atoms with Crippen molar-refractivity contribution >= 4 is 11.4 Å². The number of hydrogen-bond donors (Lipinski definition) is 2. The molecule has 2 rings (SSSR count). The Kier molecular flexibility index (Phi) is 3.22. The third kappa shape index (κ3) is 2.87. The third-order valence-corrected chi connectivity index (χ3v) is 2.80. The average Bonchev–Trinajstić information content (AvgIpc) is 2.27. The average molecular weight is 237 g/mol. The van der Waals surface area contributed by atoms with Crippen LogP contribution in [0.1, 0.15) is 13.8 Å². The molecule has 0 aliphatic carbocycles. The summed E-state index contributed by atoms with van der Waals surface area (Å²) in [5.41, 5.74) is 7.07.